The molecule has 0 aliphatic carbocycles. The van der Waals surface area contributed by atoms with E-state index in [1.54, 1.807) is 6.92 Å². The SMILES string of the molecule is Cc1ccccc1NC(=O)NC(C)C(=O)N1CCN(C(c2ccccc2)c2ccccc2)CC1. The molecule has 1 aliphatic rings. The molecule has 1 unspecified atom stereocenters. The topological polar surface area (TPSA) is 64.7 Å². The van der Waals surface area contributed by atoms with Gasteiger partial charge in [-0.25, -0.2) is 4.79 Å². The molecule has 3 aromatic carbocycles. The normalized spacial score (nSPS) is 15.1. The van der Waals surface area contributed by atoms with Crippen LogP contribution in [0.1, 0.15) is 29.7 Å². The number of nitrogens with one attached hydrogen (secondary N) is 2. The van der Waals surface area contributed by atoms with Gasteiger partial charge in [0.2, 0.25) is 5.91 Å². The molecule has 0 radical (unpaired) electrons. The molecular formula is C28H32N4O2. The van der Waals surface area contributed by atoms with Gasteiger partial charge in [0.25, 0.3) is 0 Å². The maximum absolute atomic E-state index is 13.0. The minimum atomic E-state index is -0.602. The zero-order valence-electron chi connectivity index (χ0n) is 19.8. The molecule has 0 bridgehead atoms. The molecule has 6 heteroatoms. The van der Waals surface area contributed by atoms with Crippen molar-refractivity contribution in [3.05, 3.63) is 102 Å². The van der Waals surface area contributed by atoms with E-state index < -0.39 is 6.04 Å². The minimum Gasteiger partial charge on any atom is -0.338 e. The van der Waals surface area contributed by atoms with Crippen molar-refractivity contribution in [3.63, 3.8) is 0 Å². The first-order valence-corrected chi connectivity index (χ1v) is 11.8. The number of para-hydroxylation sites is 1. The number of amides is 3. The smallest absolute Gasteiger partial charge is 0.319 e. The maximum atomic E-state index is 13.0. The monoisotopic (exact) mass is 456 g/mol. The standard InChI is InChI=1S/C28H32N4O2/c1-21-11-9-10-16-25(21)30-28(34)29-22(2)27(33)32-19-17-31(18-20-32)26(23-12-5-3-6-13-23)24-14-7-4-8-15-24/h3-16,22,26H,17-20H2,1-2H3,(H2,29,30,34). The van der Waals surface area contributed by atoms with Gasteiger partial charge in [0.05, 0.1) is 6.04 Å². The summed E-state index contributed by atoms with van der Waals surface area (Å²) in [7, 11) is 0. The third kappa shape index (κ3) is 5.64. The van der Waals surface area contributed by atoms with Gasteiger partial charge >= 0.3 is 6.03 Å². The molecule has 3 amide bonds. The van der Waals surface area contributed by atoms with Crippen molar-refractivity contribution in [2.75, 3.05) is 31.5 Å². The van der Waals surface area contributed by atoms with Gasteiger partial charge in [-0.05, 0) is 36.6 Å². The number of benzene rings is 3. The molecule has 1 atom stereocenters. The van der Waals surface area contributed by atoms with E-state index in [4.69, 9.17) is 0 Å². The highest BCUT2D eigenvalue weighted by atomic mass is 16.2. The van der Waals surface area contributed by atoms with Crippen LogP contribution in [0, 0.1) is 6.92 Å². The van der Waals surface area contributed by atoms with Crippen molar-refractivity contribution in [3.8, 4) is 0 Å². The van der Waals surface area contributed by atoms with Gasteiger partial charge in [0, 0.05) is 31.9 Å². The maximum Gasteiger partial charge on any atom is 0.319 e. The number of aryl methyl sites for hydroxylation is 1. The highest BCUT2D eigenvalue weighted by molar-refractivity contribution is 5.94. The van der Waals surface area contributed by atoms with E-state index in [2.05, 4.69) is 64.1 Å². The van der Waals surface area contributed by atoms with Crippen molar-refractivity contribution < 1.29 is 9.59 Å². The van der Waals surface area contributed by atoms with Gasteiger partial charge < -0.3 is 15.5 Å². The quantitative estimate of drug-likeness (QED) is 0.576. The zero-order chi connectivity index (χ0) is 23.9. The number of piperazine rings is 1. The number of hydrogen-bond donors (Lipinski definition) is 2. The molecule has 4 rings (SSSR count). The highest BCUT2D eigenvalue weighted by Crippen LogP contribution is 2.29. The van der Waals surface area contributed by atoms with Crippen LogP contribution in [0.2, 0.25) is 0 Å². The second-order valence-electron chi connectivity index (χ2n) is 8.72. The number of rotatable bonds is 6. The lowest BCUT2D eigenvalue weighted by molar-refractivity contribution is -0.134. The van der Waals surface area contributed by atoms with E-state index in [-0.39, 0.29) is 18.0 Å². The van der Waals surface area contributed by atoms with Crippen LogP contribution in [0.25, 0.3) is 0 Å². The fraction of sp³-hybridized carbons (Fsp3) is 0.286. The van der Waals surface area contributed by atoms with Gasteiger partial charge in [0.15, 0.2) is 0 Å². The summed E-state index contributed by atoms with van der Waals surface area (Å²) in [5, 5.41) is 5.61. The van der Waals surface area contributed by atoms with Crippen LogP contribution in [0.5, 0.6) is 0 Å². The van der Waals surface area contributed by atoms with Crippen molar-refractivity contribution >= 4 is 17.6 Å². The summed E-state index contributed by atoms with van der Waals surface area (Å²) >= 11 is 0. The van der Waals surface area contributed by atoms with Crippen LogP contribution in [0.3, 0.4) is 0 Å². The Bertz CT molecular complexity index is 1060. The first-order chi connectivity index (χ1) is 16.5. The molecule has 0 aromatic heterocycles. The molecule has 0 spiro atoms. The lowest BCUT2D eigenvalue weighted by atomic mass is 9.96. The summed E-state index contributed by atoms with van der Waals surface area (Å²) in [6, 6.07) is 27.7. The van der Waals surface area contributed by atoms with Crippen LogP contribution in [-0.2, 0) is 4.79 Å². The molecule has 0 saturated carbocycles. The average Bonchev–Trinajstić information content (AvgIpc) is 2.87. The summed E-state index contributed by atoms with van der Waals surface area (Å²) in [6.45, 7) is 6.45. The van der Waals surface area contributed by atoms with Gasteiger partial charge in [-0.2, -0.15) is 0 Å². The second-order valence-corrected chi connectivity index (χ2v) is 8.72. The fourth-order valence-corrected chi connectivity index (χ4v) is 4.49. The third-order valence-corrected chi connectivity index (χ3v) is 6.33. The van der Waals surface area contributed by atoms with E-state index in [0.717, 1.165) is 24.3 Å². The van der Waals surface area contributed by atoms with Crippen molar-refractivity contribution in [2.24, 2.45) is 0 Å². The Kier molecular flexibility index (Phi) is 7.60. The molecule has 1 saturated heterocycles. The Morgan fingerprint density at radius 1 is 0.765 bits per heavy atom. The second kappa shape index (κ2) is 11.0. The molecule has 1 aliphatic heterocycles. The number of carbonyl (C=O) groups excluding carboxylic acids is 2. The van der Waals surface area contributed by atoms with Gasteiger partial charge in [-0.3, -0.25) is 9.69 Å². The van der Waals surface area contributed by atoms with E-state index >= 15 is 0 Å². The Balaban J connectivity index is 1.36. The predicted molar refractivity (Wildman–Crippen MR) is 136 cm³/mol. The van der Waals surface area contributed by atoms with Crippen LogP contribution < -0.4 is 10.6 Å². The Morgan fingerprint density at radius 3 is 1.85 bits per heavy atom. The molecular weight excluding hydrogens is 424 g/mol. The lowest BCUT2D eigenvalue weighted by Gasteiger charge is -2.40. The minimum absolute atomic E-state index is 0.0597. The summed E-state index contributed by atoms with van der Waals surface area (Å²) in [4.78, 5) is 29.7. The largest absolute Gasteiger partial charge is 0.338 e. The summed E-state index contributed by atoms with van der Waals surface area (Å²) < 4.78 is 0. The van der Waals surface area contributed by atoms with E-state index in [1.165, 1.54) is 11.1 Å². The third-order valence-electron chi connectivity index (χ3n) is 6.33. The molecule has 176 valence electrons. The molecule has 1 fully saturated rings. The Morgan fingerprint density at radius 2 is 1.29 bits per heavy atom. The van der Waals surface area contributed by atoms with E-state index in [1.807, 2.05) is 48.2 Å². The Labute approximate surface area is 201 Å². The van der Waals surface area contributed by atoms with Crippen molar-refractivity contribution in [2.45, 2.75) is 25.9 Å². The number of carbonyl (C=O) groups is 2. The fourth-order valence-electron chi connectivity index (χ4n) is 4.49. The first-order valence-electron chi connectivity index (χ1n) is 11.8. The van der Waals surface area contributed by atoms with Crippen LogP contribution in [0.15, 0.2) is 84.9 Å². The summed E-state index contributed by atoms with van der Waals surface area (Å²) in [6.07, 6.45) is 0. The summed E-state index contributed by atoms with van der Waals surface area (Å²) in [5.74, 6) is -0.0597. The van der Waals surface area contributed by atoms with Crippen LogP contribution in [0.4, 0.5) is 10.5 Å². The molecule has 6 nitrogen and oxygen atoms in total. The zero-order valence-corrected chi connectivity index (χ0v) is 19.8. The molecule has 2 N–H and O–H groups in total. The molecule has 3 aromatic rings. The van der Waals surface area contributed by atoms with Crippen molar-refractivity contribution in [1.29, 1.82) is 0 Å². The number of hydrogen-bond acceptors (Lipinski definition) is 3. The lowest BCUT2D eigenvalue weighted by Crippen LogP contribution is -2.55. The van der Waals surface area contributed by atoms with Gasteiger partial charge in [0.1, 0.15) is 6.04 Å². The van der Waals surface area contributed by atoms with E-state index in [9.17, 15) is 9.59 Å². The molecule has 1 heterocycles. The van der Waals surface area contributed by atoms with Crippen molar-refractivity contribution in [1.82, 2.24) is 15.1 Å². The predicted octanol–water partition coefficient (Wildman–Crippen LogP) is 4.44. The van der Waals surface area contributed by atoms with E-state index in [0.29, 0.717) is 13.1 Å². The number of anilines is 1. The highest BCUT2D eigenvalue weighted by Gasteiger charge is 2.30. The Hall–Kier alpha value is -3.64. The first kappa shape index (κ1) is 23.5. The summed E-state index contributed by atoms with van der Waals surface area (Å²) in [5.41, 5.74) is 4.20. The number of nitrogens with zero attached hydrogens (tertiary/aromatic N) is 2. The molecule has 34 heavy (non-hydrogen) atoms. The van der Waals surface area contributed by atoms with Gasteiger partial charge in [-0.1, -0.05) is 78.9 Å². The average molecular weight is 457 g/mol. The van der Waals surface area contributed by atoms with Crippen LogP contribution >= 0.6 is 0 Å². The van der Waals surface area contributed by atoms with Gasteiger partial charge in [-0.15, -0.1) is 0 Å². The van der Waals surface area contributed by atoms with Crippen LogP contribution in [-0.4, -0.2) is 54.0 Å². The number of urea groups is 1.